The van der Waals surface area contributed by atoms with E-state index < -0.39 is 28.3 Å². The van der Waals surface area contributed by atoms with Crippen LogP contribution in [0.2, 0.25) is 0 Å². The molecule has 0 aliphatic rings. The molecule has 0 radical (unpaired) electrons. The van der Waals surface area contributed by atoms with Crippen LogP contribution >= 0.6 is 0 Å². The Labute approximate surface area is 159 Å². The number of aryl methyl sites for hydroxylation is 1. The van der Waals surface area contributed by atoms with Gasteiger partial charge >= 0.3 is 0 Å². The topological polar surface area (TPSA) is 75.7 Å². The summed E-state index contributed by atoms with van der Waals surface area (Å²) in [4.78, 5) is 12.3. The molecule has 2 rings (SSSR count). The molecule has 0 unspecified atom stereocenters. The van der Waals surface area contributed by atoms with E-state index in [4.69, 9.17) is 4.74 Å². The highest BCUT2D eigenvalue weighted by atomic mass is 32.2. The number of nitrogens with zero attached hydrogens (tertiary/aromatic N) is 1. The van der Waals surface area contributed by atoms with Crippen LogP contribution in [0.1, 0.15) is 12.5 Å². The summed E-state index contributed by atoms with van der Waals surface area (Å²) in [5.41, 5.74) is 1.34. The van der Waals surface area contributed by atoms with Gasteiger partial charge < -0.3 is 10.1 Å². The second-order valence-corrected chi connectivity index (χ2v) is 8.25. The van der Waals surface area contributed by atoms with Gasteiger partial charge in [0.2, 0.25) is 15.9 Å². The summed E-state index contributed by atoms with van der Waals surface area (Å²) >= 11 is 0. The van der Waals surface area contributed by atoms with Crippen LogP contribution in [0.15, 0.2) is 48.5 Å². The maximum absolute atomic E-state index is 13.1. The third-order valence-corrected chi connectivity index (χ3v) is 4.87. The molecule has 0 saturated carbocycles. The van der Waals surface area contributed by atoms with E-state index in [1.807, 2.05) is 31.2 Å². The smallest absolute Gasteiger partial charge is 0.241 e. The normalized spacial score (nSPS) is 12.3. The zero-order chi connectivity index (χ0) is 20.0. The Morgan fingerprint density at radius 3 is 2.30 bits per heavy atom. The number of nitrogens with one attached hydrogen (secondary N) is 1. The predicted octanol–water partition coefficient (Wildman–Crippen LogP) is 2.48. The third kappa shape index (κ3) is 6.56. The number of anilines is 1. The predicted molar refractivity (Wildman–Crippen MR) is 103 cm³/mol. The van der Waals surface area contributed by atoms with Crippen molar-refractivity contribution >= 4 is 21.6 Å². The fourth-order valence-corrected chi connectivity index (χ4v) is 3.21. The first kappa shape index (κ1) is 20.7. The second kappa shape index (κ2) is 8.85. The van der Waals surface area contributed by atoms with Gasteiger partial charge in [-0.05, 0) is 50.2 Å². The standard InChI is InChI=1S/C19H23FN2O4S/c1-14-4-10-18(11-5-14)26-13-15(2)21-19(23)12-22(27(3,24)25)17-8-6-16(20)7-9-17/h4-11,15H,12-13H2,1-3H3,(H,21,23)/t15-/m0/s1. The minimum Gasteiger partial charge on any atom is -0.491 e. The Kier molecular flexibility index (Phi) is 6.79. The molecule has 0 aromatic heterocycles. The van der Waals surface area contributed by atoms with Gasteiger partial charge in [0.15, 0.2) is 0 Å². The molecule has 0 spiro atoms. The van der Waals surface area contributed by atoms with Crippen molar-refractivity contribution in [2.75, 3.05) is 23.7 Å². The number of carbonyl (C=O) groups is 1. The summed E-state index contributed by atoms with van der Waals surface area (Å²) in [7, 11) is -3.70. The molecular formula is C19H23FN2O4S. The monoisotopic (exact) mass is 394 g/mol. The van der Waals surface area contributed by atoms with E-state index in [1.165, 1.54) is 12.1 Å². The van der Waals surface area contributed by atoms with E-state index in [9.17, 15) is 17.6 Å². The van der Waals surface area contributed by atoms with Gasteiger partial charge in [-0.3, -0.25) is 9.10 Å². The molecule has 0 aliphatic heterocycles. The van der Waals surface area contributed by atoms with Gasteiger partial charge in [0.25, 0.3) is 0 Å². The molecule has 2 aromatic rings. The van der Waals surface area contributed by atoms with Crippen LogP contribution < -0.4 is 14.4 Å². The summed E-state index contributed by atoms with van der Waals surface area (Å²) in [5.74, 6) is -0.283. The van der Waals surface area contributed by atoms with Gasteiger partial charge in [0.05, 0.1) is 18.0 Å². The second-order valence-electron chi connectivity index (χ2n) is 6.34. The molecule has 27 heavy (non-hydrogen) atoms. The molecule has 2 aromatic carbocycles. The maximum Gasteiger partial charge on any atom is 0.241 e. The van der Waals surface area contributed by atoms with Crippen molar-refractivity contribution in [3.05, 3.63) is 59.9 Å². The van der Waals surface area contributed by atoms with E-state index in [0.29, 0.717) is 5.75 Å². The van der Waals surface area contributed by atoms with Crippen molar-refractivity contribution in [3.8, 4) is 5.75 Å². The van der Waals surface area contributed by atoms with E-state index >= 15 is 0 Å². The first-order valence-electron chi connectivity index (χ1n) is 8.37. The average molecular weight is 394 g/mol. The molecular weight excluding hydrogens is 371 g/mol. The lowest BCUT2D eigenvalue weighted by Gasteiger charge is -2.23. The minimum absolute atomic E-state index is 0.220. The van der Waals surface area contributed by atoms with Crippen molar-refractivity contribution in [2.45, 2.75) is 19.9 Å². The van der Waals surface area contributed by atoms with Crippen LogP contribution in [0, 0.1) is 12.7 Å². The van der Waals surface area contributed by atoms with Crippen molar-refractivity contribution in [1.82, 2.24) is 5.32 Å². The molecule has 0 saturated heterocycles. The average Bonchev–Trinajstić information content (AvgIpc) is 2.59. The summed E-state index contributed by atoms with van der Waals surface area (Å²) in [6.45, 7) is 3.57. The Morgan fingerprint density at radius 1 is 1.15 bits per heavy atom. The van der Waals surface area contributed by atoms with Gasteiger partial charge in [0, 0.05) is 0 Å². The Morgan fingerprint density at radius 2 is 1.74 bits per heavy atom. The van der Waals surface area contributed by atoms with Crippen molar-refractivity contribution < 1.29 is 22.3 Å². The zero-order valence-corrected chi connectivity index (χ0v) is 16.3. The number of sulfonamides is 1. The largest absolute Gasteiger partial charge is 0.491 e. The van der Waals surface area contributed by atoms with E-state index in [1.54, 1.807) is 6.92 Å². The quantitative estimate of drug-likeness (QED) is 0.746. The number of ether oxygens (including phenoxy) is 1. The Bertz CT molecular complexity index is 868. The fourth-order valence-electron chi connectivity index (χ4n) is 2.36. The van der Waals surface area contributed by atoms with Gasteiger partial charge in [-0.15, -0.1) is 0 Å². The third-order valence-electron chi connectivity index (χ3n) is 3.73. The van der Waals surface area contributed by atoms with Crippen molar-refractivity contribution in [1.29, 1.82) is 0 Å². The number of amides is 1. The van der Waals surface area contributed by atoms with Gasteiger partial charge in [0.1, 0.15) is 24.7 Å². The lowest BCUT2D eigenvalue weighted by Crippen LogP contribution is -2.44. The van der Waals surface area contributed by atoms with Gasteiger partial charge in [-0.1, -0.05) is 17.7 Å². The highest BCUT2D eigenvalue weighted by molar-refractivity contribution is 7.92. The number of halogens is 1. The first-order valence-corrected chi connectivity index (χ1v) is 10.2. The maximum atomic E-state index is 13.1. The number of hydrogen-bond donors (Lipinski definition) is 1. The molecule has 0 bridgehead atoms. The molecule has 6 nitrogen and oxygen atoms in total. The minimum atomic E-state index is -3.70. The SMILES string of the molecule is Cc1ccc(OC[C@H](C)NC(=O)CN(c2ccc(F)cc2)S(C)(=O)=O)cc1. The van der Waals surface area contributed by atoms with E-state index in [2.05, 4.69) is 5.32 Å². The van der Waals surface area contributed by atoms with E-state index in [-0.39, 0.29) is 18.3 Å². The van der Waals surface area contributed by atoms with Crippen LogP contribution in [0.25, 0.3) is 0 Å². The van der Waals surface area contributed by atoms with Gasteiger partial charge in [-0.2, -0.15) is 0 Å². The van der Waals surface area contributed by atoms with E-state index in [0.717, 1.165) is 28.3 Å². The summed E-state index contributed by atoms with van der Waals surface area (Å²) in [6.07, 6.45) is 0.994. The number of hydrogen-bond acceptors (Lipinski definition) is 4. The Hall–Kier alpha value is -2.61. The highest BCUT2D eigenvalue weighted by Gasteiger charge is 2.21. The van der Waals surface area contributed by atoms with Crippen LogP contribution in [0.4, 0.5) is 10.1 Å². The lowest BCUT2D eigenvalue weighted by atomic mass is 10.2. The van der Waals surface area contributed by atoms with Crippen LogP contribution in [-0.2, 0) is 14.8 Å². The van der Waals surface area contributed by atoms with Crippen molar-refractivity contribution in [3.63, 3.8) is 0 Å². The lowest BCUT2D eigenvalue weighted by molar-refractivity contribution is -0.120. The highest BCUT2D eigenvalue weighted by Crippen LogP contribution is 2.17. The molecule has 8 heteroatoms. The zero-order valence-electron chi connectivity index (χ0n) is 15.5. The first-order chi connectivity index (χ1) is 12.6. The Balaban J connectivity index is 1.94. The van der Waals surface area contributed by atoms with Crippen molar-refractivity contribution in [2.24, 2.45) is 0 Å². The molecule has 1 atom stereocenters. The number of carbonyl (C=O) groups excluding carboxylic acids is 1. The molecule has 146 valence electrons. The van der Waals surface area contributed by atoms with Gasteiger partial charge in [-0.25, -0.2) is 12.8 Å². The molecule has 1 amide bonds. The number of benzene rings is 2. The summed E-state index contributed by atoms with van der Waals surface area (Å²) in [6, 6.07) is 12.1. The molecule has 0 aliphatic carbocycles. The van der Waals surface area contributed by atoms with Crippen LogP contribution in [-0.4, -0.2) is 39.8 Å². The summed E-state index contributed by atoms with van der Waals surface area (Å²) < 4.78 is 43.6. The molecule has 0 fully saturated rings. The summed E-state index contributed by atoms with van der Waals surface area (Å²) in [5, 5.41) is 2.70. The van der Waals surface area contributed by atoms with Crippen LogP contribution in [0.3, 0.4) is 0 Å². The number of rotatable bonds is 8. The van der Waals surface area contributed by atoms with Crippen LogP contribution in [0.5, 0.6) is 5.75 Å². The molecule has 0 heterocycles. The fraction of sp³-hybridized carbons (Fsp3) is 0.316. The molecule has 1 N–H and O–H groups in total.